The van der Waals surface area contributed by atoms with Gasteiger partial charge in [-0.1, -0.05) is 85.3 Å². The first-order chi connectivity index (χ1) is 30.8. The van der Waals surface area contributed by atoms with Gasteiger partial charge in [0.25, 0.3) is 5.69 Å². The van der Waals surface area contributed by atoms with Gasteiger partial charge in [-0.3, -0.25) is 15.0 Å². The number of oxime groups is 1. The predicted octanol–water partition coefficient (Wildman–Crippen LogP) is 9.42. The Balaban J connectivity index is 1.45. The molecule has 332 valence electrons. The summed E-state index contributed by atoms with van der Waals surface area (Å²) in [6.45, 7) is 8.61. The van der Waals surface area contributed by atoms with Gasteiger partial charge in [0.15, 0.2) is 0 Å². The van der Waals surface area contributed by atoms with Crippen LogP contribution >= 0.6 is 0 Å². The molecule has 0 bridgehead atoms. The number of fused-ring (bicyclic) bond motifs is 3. The van der Waals surface area contributed by atoms with E-state index in [0.717, 1.165) is 53.2 Å². The fraction of sp³-hybridized carbons (Fsp3) is 0.400. The van der Waals surface area contributed by atoms with Crippen LogP contribution in [-0.2, 0) is 27.5 Å². The molecule has 63 heavy (non-hydrogen) atoms. The Labute approximate surface area is 368 Å². The standard InChI is InChI=1S/C50H57N3O10/c1-4-27-60-39-23-24-45-43(30-39)47-41(18-9-11-26-55)36(14-8-10-25-54)29-42-44(51-62-33-34-19-21-38(22-20-34)53(57)58)31-46(50(63-45,48(42)47)61-28-5-2)52(49(56)59-3)32-37-16-12-15-35-13-6-7-17-40(35)37/h4-7,12-13,15-17,19-24,29-30,36,41,46-48,54-55H,1-2,8-11,14,18,25-28,31-33H2,3H3. The van der Waals surface area contributed by atoms with Crippen molar-refractivity contribution in [1.82, 2.24) is 4.90 Å². The summed E-state index contributed by atoms with van der Waals surface area (Å²) in [5.74, 6) is -1.02. The van der Waals surface area contributed by atoms with Gasteiger partial charge < -0.3 is 34.0 Å². The van der Waals surface area contributed by atoms with Crippen LogP contribution in [0.5, 0.6) is 11.5 Å². The van der Waals surface area contributed by atoms with Crippen LogP contribution in [0.25, 0.3) is 10.8 Å². The Bertz CT molecular complexity index is 2310. The molecule has 1 saturated carbocycles. The van der Waals surface area contributed by atoms with Crippen LogP contribution in [0.3, 0.4) is 0 Å². The Kier molecular flexibility index (Phi) is 14.9. The topological polar surface area (TPSA) is 162 Å². The quantitative estimate of drug-likeness (QED) is 0.0357. The predicted molar refractivity (Wildman–Crippen MR) is 240 cm³/mol. The van der Waals surface area contributed by atoms with Crippen molar-refractivity contribution in [2.24, 2.45) is 22.9 Å². The number of ether oxygens (including phenoxy) is 4. The van der Waals surface area contributed by atoms with E-state index in [2.05, 4.69) is 19.2 Å². The summed E-state index contributed by atoms with van der Waals surface area (Å²) in [6.07, 6.45) is 9.62. The van der Waals surface area contributed by atoms with E-state index < -0.39 is 28.8 Å². The second-order valence-electron chi connectivity index (χ2n) is 16.3. The second-order valence-corrected chi connectivity index (χ2v) is 16.3. The molecule has 0 spiro atoms. The van der Waals surface area contributed by atoms with Crippen molar-refractivity contribution in [3.8, 4) is 11.5 Å². The third-order valence-electron chi connectivity index (χ3n) is 12.6. The fourth-order valence-corrected chi connectivity index (χ4v) is 9.83. The number of nitro groups is 1. The third-order valence-corrected chi connectivity index (χ3v) is 12.6. The number of carbonyl (C=O) groups excluding carboxylic acids is 1. The number of unbranched alkanes of at least 4 members (excludes halogenated alkanes) is 2. The summed E-state index contributed by atoms with van der Waals surface area (Å²) in [5.41, 5.74) is 3.97. The Morgan fingerprint density at radius 2 is 1.71 bits per heavy atom. The van der Waals surface area contributed by atoms with Crippen LogP contribution in [0.15, 0.2) is 127 Å². The molecule has 1 aliphatic heterocycles. The van der Waals surface area contributed by atoms with E-state index in [1.807, 2.05) is 60.7 Å². The van der Waals surface area contributed by atoms with Crippen molar-refractivity contribution in [3.05, 3.63) is 149 Å². The van der Waals surface area contributed by atoms with Crippen LogP contribution in [0.4, 0.5) is 10.5 Å². The van der Waals surface area contributed by atoms with E-state index in [1.165, 1.54) is 19.2 Å². The molecule has 13 nitrogen and oxygen atoms in total. The number of rotatable bonds is 21. The Hall–Kier alpha value is -6.02. The lowest BCUT2D eigenvalue weighted by molar-refractivity contribution is -0.384. The highest BCUT2D eigenvalue weighted by Crippen LogP contribution is 2.62. The molecule has 0 saturated heterocycles. The van der Waals surface area contributed by atoms with Gasteiger partial charge in [-0.25, -0.2) is 4.79 Å². The highest BCUT2D eigenvalue weighted by Gasteiger charge is 2.65. The van der Waals surface area contributed by atoms with Crippen LogP contribution in [0.2, 0.25) is 0 Å². The first kappa shape index (κ1) is 45.0. The van der Waals surface area contributed by atoms with Crippen LogP contribution in [0, 0.1) is 27.9 Å². The summed E-state index contributed by atoms with van der Waals surface area (Å²) in [4.78, 5) is 33.2. The second kappa shape index (κ2) is 20.9. The first-order valence-electron chi connectivity index (χ1n) is 21.8. The molecule has 0 radical (unpaired) electrons. The summed E-state index contributed by atoms with van der Waals surface area (Å²) in [6, 6.07) is 25.2. The van der Waals surface area contributed by atoms with E-state index in [-0.39, 0.29) is 62.8 Å². The molecule has 6 unspecified atom stereocenters. The molecular weight excluding hydrogens is 803 g/mol. The fourth-order valence-electron chi connectivity index (χ4n) is 9.83. The lowest BCUT2D eigenvalue weighted by Crippen LogP contribution is -2.70. The maximum absolute atomic E-state index is 14.5. The number of aliphatic hydroxyl groups excluding tert-OH is 2. The lowest BCUT2D eigenvalue weighted by Gasteiger charge is -2.59. The minimum atomic E-state index is -1.50. The molecule has 3 aliphatic rings. The van der Waals surface area contributed by atoms with Crippen molar-refractivity contribution in [3.63, 3.8) is 0 Å². The maximum atomic E-state index is 14.5. The van der Waals surface area contributed by atoms with E-state index >= 15 is 0 Å². The minimum Gasteiger partial charge on any atom is -0.490 e. The number of methoxy groups -OCH3 is 1. The Morgan fingerprint density at radius 3 is 2.44 bits per heavy atom. The molecule has 4 aromatic carbocycles. The molecular formula is C50H57N3O10. The molecule has 1 fully saturated rings. The molecule has 0 aromatic heterocycles. The third kappa shape index (κ3) is 9.65. The molecule has 1 amide bonds. The van der Waals surface area contributed by atoms with Gasteiger partial charge in [0, 0.05) is 43.2 Å². The number of amides is 1. The van der Waals surface area contributed by atoms with Gasteiger partial charge in [0.2, 0.25) is 5.79 Å². The first-order valence-corrected chi connectivity index (χ1v) is 21.8. The van der Waals surface area contributed by atoms with Crippen molar-refractivity contribution in [2.75, 3.05) is 33.5 Å². The van der Waals surface area contributed by atoms with Gasteiger partial charge in [-0.15, -0.1) is 6.58 Å². The summed E-state index contributed by atoms with van der Waals surface area (Å²) < 4.78 is 26.2. The number of carbonyl (C=O) groups is 1. The highest BCUT2D eigenvalue weighted by atomic mass is 16.7. The number of nitrogens with zero attached hydrogens (tertiary/aromatic N) is 3. The van der Waals surface area contributed by atoms with Crippen molar-refractivity contribution >= 4 is 28.3 Å². The van der Waals surface area contributed by atoms with Crippen LogP contribution in [0.1, 0.15) is 67.6 Å². The maximum Gasteiger partial charge on any atom is 0.410 e. The smallest absolute Gasteiger partial charge is 0.410 e. The number of hydrogen-bond donors (Lipinski definition) is 2. The number of non-ortho nitro benzene ring substituents is 1. The monoisotopic (exact) mass is 859 g/mol. The average molecular weight is 860 g/mol. The van der Waals surface area contributed by atoms with E-state index in [9.17, 15) is 25.1 Å². The molecule has 2 aliphatic carbocycles. The van der Waals surface area contributed by atoms with E-state index in [1.54, 1.807) is 29.2 Å². The normalized spacial score (nSPS) is 22.8. The SMILES string of the molecule is C=CCOc1ccc2c(c1)C1C(CCCCO)C(CCCCO)C=C3C(=NOCc4ccc([N+](=O)[O-])cc4)CC(N(Cc4cccc5ccccc45)C(=O)OC)C(OCC=C)(O2)C31. The number of aliphatic hydroxyl groups is 2. The Morgan fingerprint density at radius 1 is 0.968 bits per heavy atom. The molecule has 6 atom stereocenters. The van der Waals surface area contributed by atoms with Gasteiger partial charge >= 0.3 is 6.09 Å². The van der Waals surface area contributed by atoms with Gasteiger partial charge in [0.05, 0.1) is 36.8 Å². The number of allylic oxidation sites excluding steroid dienone is 1. The van der Waals surface area contributed by atoms with Crippen molar-refractivity contribution in [1.29, 1.82) is 0 Å². The van der Waals surface area contributed by atoms with Crippen molar-refractivity contribution < 1.29 is 43.7 Å². The zero-order valence-electron chi connectivity index (χ0n) is 35.8. The van der Waals surface area contributed by atoms with Crippen LogP contribution < -0.4 is 9.47 Å². The van der Waals surface area contributed by atoms with E-state index in [0.29, 0.717) is 42.2 Å². The number of hydrogen-bond acceptors (Lipinski definition) is 11. The highest BCUT2D eigenvalue weighted by molar-refractivity contribution is 6.03. The lowest BCUT2D eigenvalue weighted by atomic mass is 9.55. The van der Waals surface area contributed by atoms with Gasteiger partial charge in [-0.05, 0) is 95.3 Å². The van der Waals surface area contributed by atoms with Gasteiger partial charge in [-0.2, -0.15) is 0 Å². The number of benzene rings is 4. The summed E-state index contributed by atoms with van der Waals surface area (Å²) in [5, 5.41) is 38.1. The molecule has 1 heterocycles. The van der Waals surface area contributed by atoms with Crippen LogP contribution in [-0.4, -0.2) is 77.2 Å². The summed E-state index contributed by atoms with van der Waals surface area (Å²) >= 11 is 0. The molecule has 7 rings (SSSR count). The zero-order valence-corrected chi connectivity index (χ0v) is 35.8. The largest absolute Gasteiger partial charge is 0.490 e. The summed E-state index contributed by atoms with van der Waals surface area (Å²) in [7, 11) is 1.37. The van der Waals surface area contributed by atoms with E-state index in [4.69, 9.17) is 28.9 Å². The molecule has 4 aromatic rings. The zero-order chi connectivity index (χ0) is 44.3. The number of nitro benzene ring substituents is 1. The molecule has 13 heteroatoms. The van der Waals surface area contributed by atoms with Gasteiger partial charge in [0.1, 0.15) is 30.8 Å². The minimum absolute atomic E-state index is 0.0127. The average Bonchev–Trinajstić information content (AvgIpc) is 3.30. The van der Waals surface area contributed by atoms with Crippen molar-refractivity contribution in [2.45, 2.75) is 75.8 Å². The molecule has 2 N–H and O–H groups in total.